The van der Waals surface area contributed by atoms with E-state index in [9.17, 15) is 0 Å². The molecule has 4 aromatic rings. The van der Waals surface area contributed by atoms with Crippen LogP contribution in [-0.2, 0) is 0 Å². The zero-order valence-electron chi connectivity index (χ0n) is 14.6. The molecule has 0 aliphatic carbocycles. The van der Waals surface area contributed by atoms with E-state index in [0.29, 0.717) is 5.88 Å². The average Bonchev–Trinajstić information content (AvgIpc) is 3.38. The molecule has 27 heavy (non-hydrogen) atoms. The molecule has 5 rings (SSSR count). The molecule has 0 radical (unpaired) electrons. The molecule has 8 heteroatoms. The zero-order chi connectivity index (χ0) is 18.1. The first-order valence-electron chi connectivity index (χ1n) is 9.03. The van der Waals surface area contributed by atoms with Gasteiger partial charge in [-0.25, -0.2) is 9.97 Å². The smallest absolute Gasteiger partial charge is 0.233 e. The molecule has 3 N–H and O–H groups in total. The number of nitrogens with one attached hydrogen (secondary N) is 3. The predicted molar refractivity (Wildman–Crippen MR) is 101 cm³/mol. The molecular weight excluding hydrogens is 342 g/mol. The third-order valence-corrected chi connectivity index (χ3v) is 4.82. The van der Waals surface area contributed by atoms with Crippen molar-refractivity contribution in [3.8, 4) is 28.3 Å². The highest BCUT2D eigenvalue weighted by Crippen LogP contribution is 2.30. The lowest BCUT2D eigenvalue weighted by Crippen LogP contribution is -2.34. The Balaban J connectivity index is 1.49. The maximum atomic E-state index is 6.04. The van der Waals surface area contributed by atoms with E-state index >= 15 is 0 Å². The second-order valence-electron chi connectivity index (χ2n) is 6.62. The number of hydrogen-bond donors (Lipinski definition) is 3. The number of fused-ring (bicyclic) bond motifs is 1. The molecule has 5 heterocycles. The van der Waals surface area contributed by atoms with Crippen molar-refractivity contribution in [1.82, 2.24) is 35.5 Å². The number of piperidine rings is 1. The van der Waals surface area contributed by atoms with Gasteiger partial charge in [-0.1, -0.05) is 0 Å². The molecule has 0 bridgehead atoms. The Kier molecular flexibility index (Phi) is 4.02. The summed E-state index contributed by atoms with van der Waals surface area (Å²) in [6.07, 6.45) is 13.0. The van der Waals surface area contributed by atoms with Crippen LogP contribution >= 0.6 is 0 Å². The first-order chi connectivity index (χ1) is 13.4. The second-order valence-corrected chi connectivity index (χ2v) is 6.62. The van der Waals surface area contributed by atoms with Crippen molar-refractivity contribution >= 4 is 11.0 Å². The van der Waals surface area contributed by atoms with Gasteiger partial charge in [0.2, 0.25) is 5.88 Å². The lowest BCUT2D eigenvalue weighted by molar-refractivity contribution is 0.155. The summed E-state index contributed by atoms with van der Waals surface area (Å²) in [7, 11) is 0. The van der Waals surface area contributed by atoms with E-state index in [1.54, 1.807) is 18.6 Å². The first kappa shape index (κ1) is 16.0. The Hall–Kier alpha value is -3.26. The van der Waals surface area contributed by atoms with E-state index in [0.717, 1.165) is 59.3 Å². The Bertz CT molecular complexity index is 1050. The molecule has 1 saturated heterocycles. The van der Waals surface area contributed by atoms with Crippen LogP contribution in [0.1, 0.15) is 12.8 Å². The molecule has 0 saturated carbocycles. The third kappa shape index (κ3) is 3.15. The highest BCUT2D eigenvalue weighted by molar-refractivity contribution is 5.94. The maximum Gasteiger partial charge on any atom is 0.233 e. The summed E-state index contributed by atoms with van der Waals surface area (Å²) in [5.41, 5.74) is 4.51. The number of H-pyrrole nitrogens is 2. The summed E-state index contributed by atoms with van der Waals surface area (Å²) < 4.78 is 6.04. The van der Waals surface area contributed by atoms with E-state index in [1.807, 2.05) is 18.6 Å². The topological polar surface area (TPSA) is 104 Å². The Morgan fingerprint density at radius 3 is 2.78 bits per heavy atom. The fourth-order valence-electron chi connectivity index (χ4n) is 3.40. The molecule has 0 unspecified atom stereocenters. The van der Waals surface area contributed by atoms with Gasteiger partial charge in [0.25, 0.3) is 0 Å². The predicted octanol–water partition coefficient (Wildman–Crippen LogP) is 2.54. The number of ether oxygens (including phenoxy) is 1. The van der Waals surface area contributed by atoms with Gasteiger partial charge in [0.1, 0.15) is 11.8 Å². The molecule has 1 aliphatic heterocycles. The van der Waals surface area contributed by atoms with Crippen molar-refractivity contribution in [2.24, 2.45) is 0 Å². The zero-order valence-corrected chi connectivity index (χ0v) is 14.6. The van der Waals surface area contributed by atoms with E-state index in [2.05, 4.69) is 41.5 Å². The molecular formula is C19H19N7O. The highest BCUT2D eigenvalue weighted by atomic mass is 16.5. The largest absolute Gasteiger partial charge is 0.473 e. The molecule has 0 aromatic carbocycles. The monoisotopic (exact) mass is 361 g/mol. The van der Waals surface area contributed by atoms with Gasteiger partial charge in [-0.05, 0) is 32.0 Å². The minimum absolute atomic E-state index is 0.188. The third-order valence-electron chi connectivity index (χ3n) is 4.82. The molecule has 0 amide bonds. The first-order valence-corrected chi connectivity index (χ1v) is 9.03. The average molecular weight is 361 g/mol. The highest BCUT2D eigenvalue weighted by Gasteiger charge is 2.16. The molecule has 1 fully saturated rings. The minimum atomic E-state index is 0.188. The van der Waals surface area contributed by atoms with Crippen molar-refractivity contribution < 1.29 is 4.74 Å². The molecule has 0 spiro atoms. The quantitative estimate of drug-likeness (QED) is 0.516. The Morgan fingerprint density at radius 1 is 1.00 bits per heavy atom. The lowest BCUT2D eigenvalue weighted by Gasteiger charge is -2.23. The normalized spacial score (nSPS) is 15.3. The summed E-state index contributed by atoms with van der Waals surface area (Å²) in [6, 6.07) is 2.08. The van der Waals surface area contributed by atoms with E-state index < -0.39 is 0 Å². The number of hydrogen-bond acceptors (Lipinski definition) is 6. The summed E-state index contributed by atoms with van der Waals surface area (Å²) in [4.78, 5) is 16.7. The molecule has 1 aliphatic rings. The fraction of sp³-hybridized carbons (Fsp3) is 0.263. The van der Waals surface area contributed by atoms with Gasteiger partial charge in [0.05, 0.1) is 24.3 Å². The Morgan fingerprint density at radius 2 is 1.93 bits per heavy atom. The number of nitrogens with zero attached hydrogens (tertiary/aromatic N) is 4. The fourth-order valence-corrected chi connectivity index (χ4v) is 3.40. The van der Waals surface area contributed by atoms with Gasteiger partial charge in [-0.2, -0.15) is 5.10 Å². The molecule has 8 nitrogen and oxygen atoms in total. The van der Waals surface area contributed by atoms with Crippen molar-refractivity contribution in [2.75, 3.05) is 13.1 Å². The van der Waals surface area contributed by atoms with E-state index in [-0.39, 0.29) is 6.10 Å². The van der Waals surface area contributed by atoms with Crippen LogP contribution in [0, 0.1) is 0 Å². The van der Waals surface area contributed by atoms with Crippen LogP contribution in [0.2, 0.25) is 0 Å². The summed E-state index contributed by atoms with van der Waals surface area (Å²) in [5, 5.41) is 11.2. The number of aromatic amines is 2. The van der Waals surface area contributed by atoms with Crippen LogP contribution in [0.5, 0.6) is 5.88 Å². The number of aromatic nitrogens is 6. The van der Waals surface area contributed by atoms with Crippen molar-refractivity contribution in [1.29, 1.82) is 0 Å². The minimum Gasteiger partial charge on any atom is -0.473 e. The van der Waals surface area contributed by atoms with Crippen molar-refractivity contribution in [2.45, 2.75) is 18.9 Å². The van der Waals surface area contributed by atoms with Gasteiger partial charge in [-0.3, -0.25) is 10.1 Å². The standard InChI is InChI=1S/C19H19N7O/c1-3-20-4-2-14(1)27-18-11-21-10-17(26-18)16-9-23-19-15(16)5-12(6-22-19)13-7-24-25-8-13/h5-11,14,20H,1-4H2,(H,22,23)(H,24,25). The molecule has 136 valence electrons. The number of rotatable bonds is 4. The van der Waals surface area contributed by atoms with E-state index in [4.69, 9.17) is 4.74 Å². The van der Waals surface area contributed by atoms with Crippen molar-refractivity contribution in [3.63, 3.8) is 0 Å². The van der Waals surface area contributed by atoms with Gasteiger partial charge in [0, 0.05) is 40.7 Å². The second kappa shape index (κ2) is 6.81. The van der Waals surface area contributed by atoms with Gasteiger partial charge >= 0.3 is 0 Å². The Labute approximate surface area is 155 Å². The van der Waals surface area contributed by atoms with Crippen molar-refractivity contribution in [3.05, 3.63) is 43.2 Å². The van der Waals surface area contributed by atoms with Crippen LogP contribution in [0.3, 0.4) is 0 Å². The summed E-state index contributed by atoms with van der Waals surface area (Å²) >= 11 is 0. The number of pyridine rings is 1. The van der Waals surface area contributed by atoms with Crippen LogP contribution in [0.4, 0.5) is 0 Å². The maximum absolute atomic E-state index is 6.04. The van der Waals surface area contributed by atoms with Crippen LogP contribution in [0.25, 0.3) is 33.4 Å². The SMILES string of the molecule is c1n[nH]cc1-c1cnc2[nH]cc(-c3cncc(OC4CCNCC4)n3)c2c1. The van der Waals surface area contributed by atoms with E-state index in [1.165, 1.54) is 0 Å². The van der Waals surface area contributed by atoms with Gasteiger partial charge in [-0.15, -0.1) is 0 Å². The lowest BCUT2D eigenvalue weighted by atomic mass is 10.1. The van der Waals surface area contributed by atoms with Gasteiger partial charge in [0.15, 0.2) is 0 Å². The van der Waals surface area contributed by atoms with Crippen LogP contribution in [-0.4, -0.2) is 49.3 Å². The van der Waals surface area contributed by atoms with Crippen LogP contribution < -0.4 is 10.1 Å². The van der Waals surface area contributed by atoms with Crippen LogP contribution in [0.15, 0.2) is 43.2 Å². The summed E-state index contributed by atoms with van der Waals surface area (Å²) in [6.45, 7) is 1.95. The molecule has 4 aromatic heterocycles. The summed E-state index contributed by atoms with van der Waals surface area (Å²) in [5.74, 6) is 0.563. The molecule has 0 atom stereocenters. The van der Waals surface area contributed by atoms with Gasteiger partial charge < -0.3 is 15.0 Å².